The lowest BCUT2D eigenvalue weighted by molar-refractivity contribution is -0.117. The van der Waals surface area contributed by atoms with E-state index in [2.05, 4.69) is 41.5 Å². The maximum Gasteiger partial charge on any atom is 0.238 e. The van der Waals surface area contributed by atoms with Gasteiger partial charge in [0.05, 0.1) is 6.54 Å². The van der Waals surface area contributed by atoms with Crippen LogP contribution in [0.5, 0.6) is 0 Å². The Morgan fingerprint density at radius 2 is 2.23 bits per heavy atom. The maximum absolute atomic E-state index is 12.3. The molecule has 1 amide bonds. The van der Waals surface area contributed by atoms with E-state index in [-0.39, 0.29) is 5.91 Å². The first-order chi connectivity index (χ1) is 10.6. The number of likely N-dealkylation sites (tertiary alicyclic amines) is 1. The van der Waals surface area contributed by atoms with Gasteiger partial charge in [-0.2, -0.15) is 0 Å². The van der Waals surface area contributed by atoms with Gasteiger partial charge in [-0.3, -0.25) is 9.69 Å². The molecule has 1 fully saturated rings. The first-order valence-electron chi connectivity index (χ1n) is 8.35. The summed E-state index contributed by atoms with van der Waals surface area (Å²) in [4.78, 5) is 14.5. The van der Waals surface area contributed by atoms with Crippen LogP contribution in [0.3, 0.4) is 0 Å². The fourth-order valence-corrected chi connectivity index (χ4v) is 3.13. The summed E-state index contributed by atoms with van der Waals surface area (Å²) < 4.78 is 0. The highest BCUT2D eigenvalue weighted by Gasteiger charge is 2.21. The maximum atomic E-state index is 12.3. The van der Waals surface area contributed by atoms with Crippen molar-refractivity contribution in [3.63, 3.8) is 0 Å². The Balaban J connectivity index is 1.86. The fourth-order valence-electron chi connectivity index (χ4n) is 3.13. The summed E-state index contributed by atoms with van der Waals surface area (Å²) in [6, 6.07) is 8.15. The molecule has 1 aromatic carbocycles. The van der Waals surface area contributed by atoms with Gasteiger partial charge >= 0.3 is 0 Å². The normalized spacial score (nSPS) is 19.4. The van der Waals surface area contributed by atoms with Gasteiger partial charge in [-0.05, 0) is 62.5 Å². The molecule has 4 heteroatoms. The van der Waals surface area contributed by atoms with Gasteiger partial charge in [0, 0.05) is 12.2 Å². The van der Waals surface area contributed by atoms with Gasteiger partial charge in [0.15, 0.2) is 0 Å². The Kier molecular flexibility index (Phi) is 6.40. The molecule has 0 aliphatic carbocycles. The quantitative estimate of drug-likeness (QED) is 0.849. The molecule has 4 nitrogen and oxygen atoms in total. The standard InChI is InChI=1S/C18H29N3O/c1-14(2)16-7-4-8-17(10-16)20-18(22)13-21-9-5-6-15(12-21)11-19-3/h4,7-8,10,14-15,19H,5-6,9,11-13H2,1-3H3,(H,20,22). The summed E-state index contributed by atoms with van der Waals surface area (Å²) in [7, 11) is 1.99. The number of rotatable bonds is 6. The van der Waals surface area contributed by atoms with Crippen LogP contribution in [0.15, 0.2) is 24.3 Å². The van der Waals surface area contributed by atoms with Crippen molar-refractivity contribution in [3.8, 4) is 0 Å². The average Bonchev–Trinajstić information content (AvgIpc) is 2.48. The molecule has 1 aromatic rings. The highest BCUT2D eigenvalue weighted by atomic mass is 16.2. The van der Waals surface area contributed by atoms with Gasteiger partial charge in [0.2, 0.25) is 5.91 Å². The lowest BCUT2D eigenvalue weighted by Gasteiger charge is -2.32. The molecule has 22 heavy (non-hydrogen) atoms. The molecule has 2 rings (SSSR count). The van der Waals surface area contributed by atoms with Crippen molar-refractivity contribution in [1.29, 1.82) is 0 Å². The summed E-state index contributed by atoms with van der Waals surface area (Å²) in [5.74, 6) is 1.23. The molecule has 1 saturated heterocycles. The minimum atomic E-state index is 0.0889. The third-order valence-electron chi connectivity index (χ3n) is 4.30. The zero-order valence-electron chi connectivity index (χ0n) is 14.1. The number of hydrogen-bond acceptors (Lipinski definition) is 3. The Labute approximate surface area is 134 Å². The molecule has 0 aromatic heterocycles. The molecular weight excluding hydrogens is 274 g/mol. The van der Waals surface area contributed by atoms with Crippen molar-refractivity contribution >= 4 is 11.6 Å². The van der Waals surface area contributed by atoms with Gasteiger partial charge in [0.1, 0.15) is 0 Å². The zero-order valence-corrected chi connectivity index (χ0v) is 14.1. The number of nitrogens with one attached hydrogen (secondary N) is 2. The lowest BCUT2D eigenvalue weighted by atomic mass is 9.98. The van der Waals surface area contributed by atoms with Crippen LogP contribution < -0.4 is 10.6 Å². The van der Waals surface area contributed by atoms with Crippen LogP contribution >= 0.6 is 0 Å². The van der Waals surface area contributed by atoms with Gasteiger partial charge in [0.25, 0.3) is 0 Å². The summed E-state index contributed by atoms with van der Waals surface area (Å²) in [6.45, 7) is 7.90. The van der Waals surface area contributed by atoms with Crippen LogP contribution in [0.4, 0.5) is 5.69 Å². The van der Waals surface area contributed by atoms with Crippen molar-refractivity contribution in [3.05, 3.63) is 29.8 Å². The monoisotopic (exact) mass is 303 g/mol. The predicted octanol–water partition coefficient (Wildman–Crippen LogP) is 2.68. The number of amides is 1. The number of carbonyl (C=O) groups is 1. The van der Waals surface area contributed by atoms with Crippen LogP contribution in [0, 0.1) is 5.92 Å². The van der Waals surface area contributed by atoms with E-state index < -0.39 is 0 Å². The van der Waals surface area contributed by atoms with E-state index in [1.807, 2.05) is 19.2 Å². The van der Waals surface area contributed by atoms with E-state index in [0.29, 0.717) is 18.4 Å². The molecule has 122 valence electrons. The molecule has 1 unspecified atom stereocenters. The minimum absolute atomic E-state index is 0.0889. The molecule has 0 spiro atoms. The molecule has 0 bridgehead atoms. The molecule has 0 saturated carbocycles. The average molecular weight is 303 g/mol. The van der Waals surface area contributed by atoms with E-state index in [1.165, 1.54) is 18.4 Å². The van der Waals surface area contributed by atoms with Gasteiger partial charge in [-0.25, -0.2) is 0 Å². The SMILES string of the molecule is CNCC1CCCN(CC(=O)Nc2cccc(C(C)C)c2)C1. The first-order valence-corrected chi connectivity index (χ1v) is 8.35. The highest BCUT2D eigenvalue weighted by molar-refractivity contribution is 5.92. The number of carbonyl (C=O) groups excluding carboxylic acids is 1. The molecule has 1 atom stereocenters. The molecule has 1 heterocycles. The lowest BCUT2D eigenvalue weighted by Crippen LogP contribution is -2.42. The van der Waals surface area contributed by atoms with Crippen molar-refractivity contribution < 1.29 is 4.79 Å². The third-order valence-corrected chi connectivity index (χ3v) is 4.30. The highest BCUT2D eigenvalue weighted by Crippen LogP contribution is 2.19. The topological polar surface area (TPSA) is 44.4 Å². The van der Waals surface area contributed by atoms with Crippen LogP contribution in [-0.2, 0) is 4.79 Å². The summed E-state index contributed by atoms with van der Waals surface area (Å²) >= 11 is 0. The van der Waals surface area contributed by atoms with Crippen LogP contribution in [0.1, 0.15) is 38.2 Å². The van der Waals surface area contributed by atoms with Crippen molar-refractivity contribution in [1.82, 2.24) is 10.2 Å². The summed E-state index contributed by atoms with van der Waals surface area (Å²) in [5, 5.41) is 6.28. The molecular formula is C18H29N3O. The minimum Gasteiger partial charge on any atom is -0.325 e. The smallest absolute Gasteiger partial charge is 0.238 e. The van der Waals surface area contributed by atoms with Crippen molar-refractivity contribution in [2.24, 2.45) is 5.92 Å². The van der Waals surface area contributed by atoms with Crippen LogP contribution in [-0.4, -0.2) is 44.0 Å². The molecule has 1 aliphatic rings. The van der Waals surface area contributed by atoms with Crippen LogP contribution in [0.25, 0.3) is 0 Å². The molecule has 1 aliphatic heterocycles. The largest absolute Gasteiger partial charge is 0.325 e. The Hall–Kier alpha value is -1.39. The number of anilines is 1. The van der Waals surface area contributed by atoms with E-state index in [0.717, 1.165) is 25.3 Å². The van der Waals surface area contributed by atoms with E-state index in [1.54, 1.807) is 0 Å². The van der Waals surface area contributed by atoms with E-state index in [9.17, 15) is 4.79 Å². The fraction of sp³-hybridized carbons (Fsp3) is 0.611. The molecule has 2 N–H and O–H groups in total. The summed E-state index contributed by atoms with van der Waals surface area (Å²) in [6.07, 6.45) is 2.44. The number of benzene rings is 1. The zero-order chi connectivity index (χ0) is 15.9. The van der Waals surface area contributed by atoms with Crippen molar-refractivity contribution in [2.75, 3.05) is 38.5 Å². The van der Waals surface area contributed by atoms with Gasteiger partial charge < -0.3 is 10.6 Å². The Morgan fingerprint density at radius 3 is 2.95 bits per heavy atom. The van der Waals surface area contributed by atoms with Crippen LogP contribution in [0.2, 0.25) is 0 Å². The number of piperidine rings is 1. The Bertz CT molecular complexity index is 485. The van der Waals surface area contributed by atoms with Crippen molar-refractivity contribution in [2.45, 2.75) is 32.6 Å². The first kappa shape index (κ1) is 17.0. The molecule has 0 radical (unpaired) electrons. The number of hydrogen-bond donors (Lipinski definition) is 2. The summed E-state index contributed by atoms with van der Waals surface area (Å²) in [5.41, 5.74) is 2.16. The van der Waals surface area contributed by atoms with E-state index in [4.69, 9.17) is 0 Å². The number of nitrogens with zero attached hydrogens (tertiary/aromatic N) is 1. The van der Waals surface area contributed by atoms with E-state index >= 15 is 0 Å². The second-order valence-corrected chi connectivity index (χ2v) is 6.63. The van der Waals surface area contributed by atoms with Gasteiger partial charge in [-0.1, -0.05) is 26.0 Å². The Morgan fingerprint density at radius 1 is 1.41 bits per heavy atom. The van der Waals surface area contributed by atoms with Gasteiger partial charge in [-0.15, -0.1) is 0 Å². The third kappa shape index (κ3) is 5.11. The second-order valence-electron chi connectivity index (χ2n) is 6.63. The predicted molar refractivity (Wildman–Crippen MR) is 92.3 cm³/mol. The second kappa shape index (κ2) is 8.30.